The van der Waals surface area contributed by atoms with Crippen molar-refractivity contribution in [3.05, 3.63) is 101 Å². The van der Waals surface area contributed by atoms with E-state index in [1.54, 1.807) is 7.11 Å². The molecule has 1 N–H and O–H groups in total. The van der Waals surface area contributed by atoms with Crippen LogP contribution in [0.2, 0.25) is 0 Å². The van der Waals surface area contributed by atoms with Crippen molar-refractivity contribution in [3.8, 4) is 11.5 Å². The van der Waals surface area contributed by atoms with E-state index in [2.05, 4.69) is 23.1 Å². The summed E-state index contributed by atoms with van der Waals surface area (Å²) in [6.07, 6.45) is 2.07. The molecule has 6 heteroatoms. The number of hydrogen-bond donors (Lipinski definition) is 1. The molecule has 3 aromatic carbocycles. The fourth-order valence-electron chi connectivity index (χ4n) is 4.83. The molecule has 1 aromatic heterocycles. The number of hydrogen-bond acceptors (Lipinski definition) is 5. The average molecular weight is 481 g/mol. The molecule has 0 spiro atoms. The van der Waals surface area contributed by atoms with Gasteiger partial charge in [-0.1, -0.05) is 54.6 Å². The average Bonchev–Trinajstić information content (AvgIpc) is 2.88. The molecule has 2 heterocycles. The molecule has 1 aliphatic heterocycles. The monoisotopic (exact) mass is 480 g/mol. The fourth-order valence-corrected chi connectivity index (χ4v) is 4.83. The number of fused-ring (bicyclic) bond motifs is 2. The van der Waals surface area contributed by atoms with Gasteiger partial charge < -0.3 is 14.6 Å². The zero-order valence-electron chi connectivity index (χ0n) is 20.4. The Kier molecular flexibility index (Phi) is 6.69. The number of ether oxygens (including phenoxy) is 2. The Hall–Kier alpha value is -4.16. The second kappa shape index (κ2) is 10.2. The number of pyridine rings is 1. The molecular weight excluding hydrogens is 452 g/mol. The molecule has 0 fully saturated rings. The smallest absolute Gasteiger partial charge is 0.336 e. The molecule has 0 saturated heterocycles. The summed E-state index contributed by atoms with van der Waals surface area (Å²) in [4.78, 5) is 19.7. The first-order chi connectivity index (χ1) is 17.6. The minimum atomic E-state index is -0.936. The van der Waals surface area contributed by atoms with Crippen molar-refractivity contribution in [2.24, 2.45) is 0 Å². The number of aromatic carboxylic acids is 1. The van der Waals surface area contributed by atoms with E-state index < -0.39 is 5.97 Å². The third kappa shape index (κ3) is 4.68. The predicted molar refractivity (Wildman–Crippen MR) is 141 cm³/mol. The van der Waals surface area contributed by atoms with Crippen molar-refractivity contribution >= 4 is 28.5 Å². The van der Waals surface area contributed by atoms with Crippen LogP contribution in [0.1, 0.15) is 39.7 Å². The molecule has 0 amide bonds. The lowest BCUT2D eigenvalue weighted by Crippen LogP contribution is -2.31. The standard InChI is InChI=1S/C30H28N2O4/c1-3-36-27-16-21(13-14-26(27)35-2)15-22-18-32(17-20-9-5-4-6-10-20)19-24-28(30(33)34)23-11-7-8-12-25(23)31-29(22)24/h4-16H,3,17-19H2,1-2H3,(H,33,34). The number of carbonyl (C=O) groups is 1. The highest BCUT2D eigenvalue weighted by atomic mass is 16.5. The molecule has 5 rings (SSSR count). The molecule has 0 saturated carbocycles. The van der Waals surface area contributed by atoms with Gasteiger partial charge in [-0.2, -0.15) is 0 Å². The Morgan fingerprint density at radius 3 is 2.56 bits per heavy atom. The van der Waals surface area contributed by atoms with E-state index in [0.717, 1.165) is 22.4 Å². The lowest BCUT2D eigenvalue weighted by Gasteiger charge is -2.31. The van der Waals surface area contributed by atoms with E-state index in [4.69, 9.17) is 14.5 Å². The normalized spacial score (nSPS) is 14.6. The van der Waals surface area contributed by atoms with Gasteiger partial charge >= 0.3 is 5.97 Å². The SMILES string of the molecule is CCOc1cc(C=C2CN(Cc3ccccc3)Cc3c2nc2ccccc2c3C(=O)O)ccc1OC. The first kappa shape index (κ1) is 23.6. The summed E-state index contributed by atoms with van der Waals surface area (Å²) in [5, 5.41) is 10.9. The Morgan fingerprint density at radius 2 is 1.81 bits per heavy atom. The highest BCUT2D eigenvalue weighted by Gasteiger charge is 2.28. The highest BCUT2D eigenvalue weighted by Crippen LogP contribution is 2.36. The number of rotatable bonds is 7. The second-order valence-electron chi connectivity index (χ2n) is 8.78. The Labute approximate surface area is 210 Å². The number of aromatic nitrogens is 1. The molecule has 0 bridgehead atoms. The van der Waals surface area contributed by atoms with Crippen LogP contribution >= 0.6 is 0 Å². The van der Waals surface area contributed by atoms with Crippen LogP contribution in [0, 0.1) is 0 Å². The van der Waals surface area contributed by atoms with Crippen molar-refractivity contribution < 1.29 is 19.4 Å². The van der Waals surface area contributed by atoms with E-state index in [-0.39, 0.29) is 0 Å². The Morgan fingerprint density at radius 1 is 1.03 bits per heavy atom. The van der Waals surface area contributed by atoms with E-state index in [1.807, 2.05) is 67.6 Å². The summed E-state index contributed by atoms with van der Waals surface area (Å²) in [5.41, 5.74) is 5.57. The molecule has 0 atom stereocenters. The lowest BCUT2D eigenvalue weighted by molar-refractivity contribution is 0.0696. The zero-order chi connectivity index (χ0) is 25.1. The molecule has 36 heavy (non-hydrogen) atoms. The van der Waals surface area contributed by atoms with Gasteiger partial charge in [0.25, 0.3) is 0 Å². The van der Waals surface area contributed by atoms with Crippen molar-refractivity contribution in [2.75, 3.05) is 20.3 Å². The molecule has 6 nitrogen and oxygen atoms in total. The van der Waals surface area contributed by atoms with E-state index in [0.29, 0.717) is 54.2 Å². The van der Waals surface area contributed by atoms with E-state index in [9.17, 15) is 9.90 Å². The van der Waals surface area contributed by atoms with Crippen molar-refractivity contribution in [1.29, 1.82) is 0 Å². The summed E-state index contributed by atoms with van der Waals surface area (Å²) >= 11 is 0. The van der Waals surface area contributed by atoms with E-state index in [1.165, 1.54) is 5.56 Å². The molecule has 0 unspecified atom stereocenters. The predicted octanol–water partition coefficient (Wildman–Crippen LogP) is 5.90. The third-order valence-corrected chi connectivity index (χ3v) is 6.36. The van der Waals surface area contributed by atoms with Crippen LogP contribution in [0.3, 0.4) is 0 Å². The summed E-state index contributed by atoms with van der Waals surface area (Å²) in [5.74, 6) is 0.407. The van der Waals surface area contributed by atoms with Crippen molar-refractivity contribution in [2.45, 2.75) is 20.0 Å². The van der Waals surface area contributed by atoms with Gasteiger partial charge in [0, 0.05) is 30.6 Å². The summed E-state index contributed by atoms with van der Waals surface area (Å²) in [6.45, 7) is 4.32. The molecule has 0 aliphatic carbocycles. The quantitative estimate of drug-likeness (QED) is 0.355. The van der Waals surface area contributed by atoms with Crippen LogP contribution in [0.25, 0.3) is 22.6 Å². The first-order valence-corrected chi connectivity index (χ1v) is 12.0. The maximum absolute atomic E-state index is 12.5. The molecular formula is C30H28N2O4. The summed E-state index contributed by atoms with van der Waals surface area (Å²) in [7, 11) is 1.62. The third-order valence-electron chi connectivity index (χ3n) is 6.36. The second-order valence-corrected chi connectivity index (χ2v) is 8.78. The maximum Gasteiger partial charge on any atom is 0.336 e. The minimum Gasteiger partial charge on any atom is -0.493 e. The minimum absolute atomic E-state index is 0.323. The molecule has 0 radical (unpaired) electrons. The number of carboxylic acids is 1. The van der Waals surface area contributed by atoms with Crippen molar-refractivity contribution in [1.82, 2.24) is 9.88 Å². The van der Waals surface area contributed by atoms with Crippen LogP contribution < -0.4 is 9.47 Å². The van der Waals surface area contributed by atoms with Gasteiger partial charge in [0.2, 0.25) is 0 Å². The van der Waals surface area contributed by atoms with Crippen LogP contribution in [0.15, 0.2) is 72.8 Å². The number of carboxylic acid groups (broad SMARTS) is 1. The molecule has 1 aliphatic rings. The number of para-hydroxylation sites is 1. The van der Waals surface area contributed by atoms with Gasteiger partial charge in [-0.05, 0) is 47.9 Å². The lowest BCUT2D eigenvalue weighted by atomic mass is 9.91. The van der Waals surface area contributed by atoms with Gasteiger partial charge in [-0.3, -0.25) is 4.90 Å². The Bertz CT molecular complexity index is 1450. The number of nitrogens with zero attached hydrogens (tertiary/aromatic N) is 2. The van der Waals surface area contributed by atoms with Crippen LogP contribution in [-0.2, 0) is 13.1 Å². The van der Waals surface area contributed by atoms with Crippen LogP contribution in [0.4, 0.5) is 0 Å². The van der Waals surface area contributed by atoms with Gasteiger partial charge in [-0.25, -0.2) is 9.78 Å². The summed E-state index contributed by atoms with van der Waals surface area (Å²) < 4.78 is 11.2. The van der Waals surface area contributed by atoms with Gasteiger partial charge in [0.05, 0.1) is 30.5 Å². The van der Waals surface area contributed by atoms with Gasteiger partial charge in [0.1, 0.15) is 0 Å². The van der Waals surface area contributed by atoms with E-state index >= 15 is 0 Å². The number of methoxy groups -OCH3 is 1. The topological polar surface area (TPSA) is 71.9 Å². The number of benzene rings is 3. The first-order valence-electron chi connectivity index (χ1n) is 12.0. The fraction of sp³-hybridized carbons (Fsp3) is 0.200. The molecule has 4 aromatic rings. The van der Waals surface area contributed by atoms with Crippen LogP contribution in [-0.4, -0.2) is 41.2 Å². The maximum atomic E-state index is 12.5. The van der Waals surface area contributed by atoms with Crippen LogP contribution in [0.5, 0.6) is 11.5 Å². The van der Waals surface area contributed by atoms with Crippen molar-refractivity contribution in [3.63, 3.8) is 0 Å². The molecule has 182 valence electrons. The highest BCUT2D eigenvalue weighted by molar-refractivity contribution is 6.06. The zero-order valence-corrected chi connectivity index (χ0v) is 20.4. The Balaban J connectivity index is 1.67. The van der Waals surface area contributed by atoms with Gasteiger partial charge in [-0.15, -0.1) is 0 Å². The van der Waals surface area contributed by atoms with Gasteiger partial charge in [0.15, 0.2) is 11.5 Å². The summed E-state index contributed by atoms with van der Waals surface area (Å²) in [6, 6.07) is 23.5. The largest absolute Gasteiger partial charge is 0.493 e.